The highest BCUT2D eigenvalue weighted by Gasteiger charge is 2.22. The first-order chi connectivity index (χ1) is 11.0. The number of nitrogens with one attached hydrogen (secondary N) is 2. The number of methoxy groups -OCH3 is 1. The van der Waals surface area contributed by atoms with E-state index in [1.807, 2.05) is 6.92 Å². The molecule has 122 valence electrons. The highest BCUT2D eigenvalue weighted by Crippen LogP contribution is 2.27. The predicted octanol–water partition coefficient (Wildman–Crippen LogP) is 2.77. The van der Waals surface area contributed by atoms with Crippen molar-refractivity contribution in [1.29, 1.82) is 0 Å². The van der Waals surface area contributed by atoms with Gasteiger partial charge < -0.3 is 10.1 Å². The minimum Gasteiger partial charge on any atom is -0.495 e. The van der Waals surface area contributed by atoms with E-state index in [9.17, 15) is 8.42 Å². The van der Waals surface area contributed by atoms with Gasteiger partial charge in [0.2, 0.25) is 0 Å². The molecule has 1 aliphatic carbocycles. The molecule has 1 aromatic carbocycles. The number of benzene rings is 1. The van der Waals surface area contributed by atoms with Crippen LogP contribution in [0.15, 0.2) is 41.4 Å². The van der Waals surface area contributed by atoms with Gasteiger partial charge in [-0.05, 0) is 49.6 Å². The normalized spacial score (nSPS) is 14.3. The molecule has 0 aliphatic heterocycles. The summed E-state index contributed by atoms with van der Waals surface area (Å²) in [5.74, 6) is 1.06. The van der Waals surface area contributed by atoms with Crippen molar-refractivity contribution < 1.29 is 13.2 Å². The molecule has 0 atom stereocenters. The van der Waals surface area contributed by atoms with Crippen LogP contribution in [0.2, 0.25) is 0 Å². The fourth-order valence-electron chi connectivity index (χ4n) is 2.18. The number of ether oxygens (including phenoxy) is 1. The van der Waals surface area contributed by atoms with Crippen molar-refractivity contribution in [2.45, 2.75) is 30.7 Å². The van der Waals surface area contributed by atoms with E-state index < -0.39 is 10.0 Å². The van der Waals surface area contributed by atoms with Crippen LogP contribution in [0, 0.1) is 6.92 Å². The number of aromatic nitrogens is 1. The third-order valence-corrected chi connectivity index (χ3v) is 4.96. The zero-order chi connectivity index (χ0) is 16.4. The quantitative estimate of drug-likeness (QED) is 0.849. The molecule has 1 aromatic heterocycles. The molecule has 0 spiro atoms. The summed E-state index contributed by atoms with van der Waals surface area (Å²) < 4.78 is 32.8. The Labute approximate surface area is 136 Å². The van der Waals surface area contributed by atoms with Gasteiger partial charge in [0.25, 0.3) is 10.0 Å². The Hall–Kier alpha value is -2.28. The molecule has 2 aromatic rings. The molecule has 1 saturated carbocycles. The van der Waals surface area contributed by atoms with E-state index in [2.05, 4.69) is 15.0 Å². The van der Waals surface area contributed by atoms with Crippen LogP contribution in [0.4, 0.5) is 11.5 Å². The van der Waals surface area contributed by atoms with Crippen LogP contribution in [0.25, 0.3) is 0 Å². The maximum Gasteiger partial charge on any atom is 0.265 e. The molecular formula is C16H19N3O3S. The fourth-order valence-corrected chi connectivity index (χ4v) is 3.48. The molecule has 0 saturated heterocycles. The van der Waals surface area contributed by atoms with Gasteiger partial charge in [-0.25, -0.2) is 13.4 Å². The van der Waals surface area contributed by atoms with Crippen molar-refractivity contribution in [3.8, 4) is 5.75 Å². The van der Waals surface area contributed by atoms with Crippen molar-refractivity contribution >= 4 is 21.5 Å². The van der Waals surface area contributed by atoms with Crippen molar-refractivity contribution in [3.63, 3.8) is 0 Å². The van der Waals surface area contributed by atoms with E-state index >= 15 is 0 Å². The predicted molar refractivity (Wildman–Crippen MR) is 89.4 cm³/mol. The lowest BCUT2D eigenvalue weighted by molar-refractivity contribution is 0.402. The van der Waals surface area contributed by atoms with Gasteiger partial charge in [0.15, 0.2) is 0 Å². The van der Waals surface area contributed by atoms with Crippen molar-refractivity contribution in [2.75, 3.05) is 17.1 Å². The van der Waals surface area contributed by atoms with Gasteiger partial charge in [-0.3, -0.25) is 4.72 Å². The molecule has 3 rings (SSSR count). The molecule has 1 aliphatic rings. The van der Waals surface area contributed by atoms with Gasteiger partial charge in [0, 0.05) is 6.04 Å². The summed E-state index contributed by atoms with van der Waals surface area (Å²) in [4.78, 5) is 4.34. The lowest BCUT2D eigenvalue weighted by Gasteiger charge is -2.12. The Balaban J connectivity index is 1.81. The van der Waals surface area contributed by atoms with Crippen LogP contribution in [-0.4, -0.2) is 26.6 Å². The lowest BCUT2D eigenvalue weighted by Crippen LogP contribution is -2.14. The number of rotatable bonds is 6. The van der Waals surface area contributed by atoms with Gasteiger partial charge in [0.05, 0.1) is 19.0 Å². The number of hydrogen-bond donors (Lipinski definition) is 2. The van der Waals surface area contributed by atoms with Gasteiger partial charge >= 0.3 is 0 Å². The second-order valence-corrected chi connectivity index (χ2v) is 7.26. The Morgan fingerprint density at radius 2 is 2.00 bits per heavy atom. The van der Waals surface area contributed by atoms with Gasteiger partial charge in [-0.1, -0.05) is 6.07 Å². The van der Waals surface area contributed by atoms with Crippen molar-refractivity contribution in [3.05, 3.63) is 42.1 Å². The van der Waals surface area contributed by atoms with Crippen LogP contribution in [0.3, 0.4) is 0 Å². The standard InChI is InChI=1S/C16H19N3O3S/c1-11-3-7-14(22-2)15(9-11)23(20,21)19-13-6-8-16(17-10-13)18-12-4-5-12/h3,6-10,12,19H,4-5H2,1-2H3,(H,17,18). The second kappa shape index (κ2) is 6.08. The minimum absolute atomic E-state index is 0.111. The summed E-state index contributed by atoms with van der Waals surface area (Å²) in [5.41, 5.74) is 1.25. The van der Waals surface area contributed by atoms with Gasteiger partial charge in [-0.2, -0.15) is 0 Å². The molecule has 0 unspecified atom stereocenters. The van der Waals surface area contributed by atoms with Crippen LogP contribution >= 0.6 is 0 Å². The monoisotopic (exact) mass is 333 g/mol. The first-order valence-corrected chi connectivity index (χ1v) is 8.86. The molecular weight excluding hydrogens is 314 g/mol. The molecule has 1 heterocycles. The van der Waals surface area contributed by atoms with E-state index in [0.717, 1.165) is 24.2 Å². The average molecular weight is 333 g/mol. The smallest absolute Gasteiger partial charge is 0.265 e. The summed E-state index contributed by atoms with van der Waals surface area (Å²) in [6.07, 6.45) is 3.82. The molecule has 0 amide bonds. The summed E-state index contributed by atoms with van der Waals surface area (Å²) in [6.45, 7) is 1.83. The van der Waals surface area contributed by atoms with Gasteiger partial charge in [0.1, 0.15) is 16.5 Å². The molecule has 0 radical (unpaired) electrons. The van der Waals surface area contributed by atoms with E-state index in [0.29, 0.717) is 17.5 Å². The molecule has 0 bridgehead atoms. The molecule has 2 N–H and O–H groups in total. The fraction of sp³-hybridized carbons (Fsp3) is 0.312. The third kappa shape index (κ3) is 3.73. The molecule has 7 heteroatoms. The second-order valence-electron chi connectivity index (χ2n) is 5.61. The number of pyridine rings is 1. The van der Waals surface area contributed by atoms with Crippen LogP contribution in [0.1, 0.15) is 18.4 Å². The highest BCUT2D eigenvalue weighted by atomic mass is 32.2. The maximum absolute atomic E-state index is 12.6. The Bertz CT molecular complexity index is 800. The first kappa shape index (κ1) is 15.6. The first-order valence-electron chi connectivity index (χ1n) is 7.38. The summed E-state index contributed by atoms with van der Waals surface area (Å²) >= 11 is 0. The van der Waals surface area contributed by atoms with Gasteiger partial charge in [-0.15, -0.1) is 0 Å². The van der Waals surface area contributed by atoms with E-state index in [1.54, 1.807) is 30.3 Å². The lowest BCUT2D eigenvalue weighted by atomic mass is 10.2. The summed E-state index contributed by atoms with van der Waals surface area (Å²) in [5, 5.41) is 3.25. The van der Waals surface area contributed by atoms with Crippen molar-refractivity contribution in [2.24, 2.45) is 0 Å². The maximum atomic E-state index is 12.6. The van der Waals surface area contributed by atoms with E-state index in [-0.39, 0.29) is 4.90 Å². The van der Waals surface area contributed by atoms with Crippen molar-refractivity contribution in [1.82, 2.24) is 4.98 Å². The molecule has 6 nitrogen and oxygen atoms in total. The Kier molecular flexibility index (Phi) is 4.12. The summed E-state index contributed by atoms with van der Waals surface area (Å²) in [6, 6.07) is 8.99. The number of aryl methyl sites for hydroxylation is 1. The van der Waals surface area contributed by atoms with E-state index in [4.69, 9.17) is 4.74 Å². The highest BCUT2D eigenvalue weighted by molar-refractivity contribution is 7.92. The zero-order valence-corrected chi connectivity index (χ0v) is 13.9. The van der Waals surface area contributed by atoms with Crippen LogP contribution in [0.5, 0.6) is 5.75 Å². The van der Waals surface area contributed by atoms with Crippen LogP contribution in [-0.2, 0) is 10.0 Å². The number of anilines is 2. The molecule has 1 fully saturated rings. The SMILES string of the molecule is COc1ccc(C)cc1S(=O)(=O)Nc1ccc(NC2CC2)nc1. The van der Waals surface area contributed by atoms with E-state index in [1.165, 1.54) is 13.3 Å². The zero-order valence-electron chi connectivity index (χ0n) is 13.0. The number of hydrogen-bond acceptors (Lipinski definition) is 5. The third-order valence-electron chi connectivity index (χ3n) is 3.55. The summed E-state index contributed by atoms with van der Waals surface area (Å²) in [7, 11) is -2.29. The molecule has 23 heavy (non-hydrogen) atoms. The Morgan fingerprint density at radius 3 is 2.61 bits per heavy atom. The van der Waals surface area contributed by atoms with Crippen LogP contribution < -0.4 is 14.8 Å². The minimum atomic E-state index is -3.74. The average Bonchev–Trinajstić information content (AvgIpc) is 3.33. The Morgan fingerprint density at radius 1 is 1.22 bits per heavy atom. The number of nitrogens with zero attached hydrogens (tertiary/aromatic N) is 1. The number of sulfonamides is 1. The largest absolute Gasteiger partial charge is 0.495 e. The topological polar surface area (TPSA) is 80.3 Å².